The molecule has 2 aromatic rings. The van der Waals surface area contributed by atoms with E-state index in [0.29, 0.717) is 12.0 Å². The molecule has 0 unspecified atom stereocenters. The van der Waals surface area contributed by atoms with E-state index in [2.05, 4.69) is 42.4 Å². The number of likely N-dealkylation sites (tertiary alicyclic amines) is 1. The maximum atomic E-state index is 5.01. The van der Waals surface area contributed by atoms with E-state index in [1.54, 1.807) is 0 Å². The Morgan fingerprint density at radius 3 is 2.96 bits per heavy atom. The second kappa shape index (κ2) is 6.50. The van der Waals surface area contributed by atoms with E-state index in [-0.39, 0.29) is 0 Å². The van der Waals surface area contributed by atoms with Crippen LogP contribution in [0.4, 0.5) is 0 Å². The first-order chi connectivity index (χ1) is 11.2. The molecule has 0 amide bonds. The van der Waals surface area contributed by atoms with Crippen molar-refractivity contribution in [3.05, 3.63) is 28.8 Å². The number of nitrogens with one attached hydrogen (secondary N) is 1. The fourth-order valence-electron chi connectivity index (χ4n) is 4.00. The van der Waals surface area contributed by atoms with Crippen molar-refractivity contribution in [3.63, 3.8) is 0 Å². The van der Waals surface area contributed by atoms with Gasteiger partial charge in [0.05, 0.1) is 15.2 Å². The van der Waals surface area contributed by atoms with Gasteiger partial charge in [0.1, 0.15) is 0 Å². The molecule has 3 heterocycles. The zero-order valence-electron chi connectivity index (χ0n) is 14.2. The van der Waals surface area contributed by atoms with Crippen LogP contribution in [-0.4, -0.2) is 36.6 Å². The van der Waals surface area contributed by atoms with Gasteiger partial charge in [-0.05, 0) is 69.4 Å². The van der Waals surface area contributed by atoms with Crippen molar-refractivity contribution in [2.45, 2.75) is 44.6 Å². The van der Waals surface area contributed by atoms with E-state index in [9.17, 15) is 0 Å². The third-order valence-corrected chi connectivity index (χ3v) is 6.66. The van der Waals surface area contributed by atoms with E-state index in [1.165, 1.54) is 53.0 Å². The fourth-order valence-corrected chi connectivity index (χ4v) is 5.08. The molecule has 1 aromatic carbocycles. The predicted molar refractivity (Wildman–Crippen MR) is 98.2 cm³/mol. The SMILES string of the molecule is C[C@H]1CC[C@H](c2ccc3sc([C@@H]4CCCN(C)C4)nc3c2)NC1. The highest BCUT2D eigenvalue weighted by Crippen LogP contribution is 2.34. The van der Waals surface area contributed by atoms with Gasteiger partial charge >= 0.3 is 0 Å². The van der Waals surface area contributed by atoms with Crippen LogP contribution in [0, 0.1) is 5.92 Å². The molecule has 0 bridgehead atoms. The van der Waals surface area contributed by atoms with Gasteiger partial charge in [-0.3, -0.25) is 0 Å². The number of thiazole rings is 1. The summed E-state index contributed by atoms with van der Waals surface area (Å²) in [6.45, 7) is 5.87. The lowest BCUT2D eigenvalue weighted by atomic mass is 9.92. The minimum absolute atomic E-state index is 0.515. The van der Waals surface area contributed by atoms with Crippen molar-refractivity contribution in [3.8, 4) is 0 Å². The summed E-state index contributed by atoms with van der Waals surface area (Å²) >= 11 is 1.90. The Morgan fingerprint density at radius 2 is 2.17 bits per heavy atom. The molecular weight excluding hydrogens is 302 g/mol. The Balaban J connectivity index is 1.57. The molecule has 4 heteroatoms. The van der Waals surface area contributed by atoms with Crippen LogP contribution >= 0.6 is 11.3 Å². The lowest BCUT2D eigenvalue weighted by molar-refractivity contribution is 0.250. The van der Waals surface area contributed by atoms with Crippen LogP contribution in [0.15, 0.2) is 18.2 Å². The first kappa shape index (κ1) is 15.6. The molecule has 1 N–H and O–H groups in total. The van der Waals surface area contributed by atoms with Crippen molar-refractivity contribution in [2.24, 2.45) is 5.92 Å². The Kier molecular flexibility index (Phi) is 4.39. The number of likely N-dealkylation sites (N-methyl/N-ethyl adjacent to an activating group) is 1. The second-order valence-electron chi connectivity index (χ2n) is 7.52. The Bertz CT molecular complexity index is 672. The van der Waals surface area contributed by atoms with Crippen LogP contribution in [0.25, 0.3) is 10.2 Å². The van der Waals surface area contributed by atoms with Gasteiger partial charge in [-0.2, -0.15) is 0 Å². The van der Waals surface area contributed by atoms with Gasteiger partial charge in [-0.15, -0.1) is 11.3 Å². The van der Waals surface area contributed by atoms with Gasteiger partial charge in [-0.25, -0.2) is 4.98 Å². The fraction of sp³-hybridized carbons (Fsp3) is 0.632. The van der Waals surface area contributed by atoms with Crippen molar-refractivity contribution < 1.29 is 0 Å². The molecular formula is C19H27N3S. The quantitative estimate of drug-likeness (QED) is 0.896. The van der Waals surface area contributed by atoms with Gasteiger partial charge in [-0.1, -0.05) is 13.0 Å². The highest BCUT2D eigenvalue weighted by molar-refractivity contribution is 7.18. The van der Waals surface area contributed by atoms with E-state index in [1.807, 2.05) is 11.3 Å². The van der Waals surface area contributed by atoms with Crippen molar-refractivity contribution in [1.29, 1.82) is 0 Å². The molecule has 2 aliphatic rings. The minimum atomic E-state index is 0.515. The third-order valence-electron chi connectivity index (χ3n) is 5.47. The number of aromatic nitrogens is 1. The van der Waals surface area contributed by atoms with Crippen molar-refractivity contribution >= 4 is 21.6 Å². The summed E-state index contributed by atoms with van der Waals surface area (Å²) in [5.74, 6) is 1.44. The molecule has 0 radical (unpaired) electrons. The van der Waals surface area contributed by atoms with Crippen LogP contribution in [0.3, 0.4) is 0 Å². The monoisotopic (exact) mass is 329 g/mol. The number of nitrogens with zero attached hydrogens (tertiary/aromatic N) is 2. The largest absolute Gasteiger partial charge is 0.310 e. The predicted octanol–water partition coefficient (Wildman–Crippen LogP) is 4.17. The van der Waals surface area contributed by atoms with Crippen LogP contribution < -0.4 is 5.32 Å². The summed E-state index contributed by atoms with van der Waals surface area (Å²) < 4.78 is 1.35. The van der Waals surface area contributed by atoms with Crippen LogP contribution in [-0.2, 0) is 0 Å². The average molecular weight is 330 g/mol. The van der Waals surface area contributed by atoms with E-state index < -0.39 is 0 Å². The normalized spacial score (nSPS) is 29.9. The molecule has 0 spiro atoms. The lowest BCUT2D eigenvalue weighted by Gasteiger charge is -2.28. The maximum Gasteiger partial charge on any atom is 0.0982 e. The molecule has 2 aliphatic heterocycles. The number of hydrogen-bond acceptors (Lipinski definition) is 4. The zero-order chi connectivity index (χ0) is 15.8. The summed E-state index contributed by atoms with van der Waals surface area (Å²) in [6.07, 6.45) is 5.16. The van der Waals surface area contributed by atoms with Crippen LogP contribution in [0.2, 0.25) is 0 Å². The molecule has 4 rings (SSSR count). The van der Waals surface area contributed by atoms with E-state index in [4.69, 9.17) is 4.98 Å². The standard InChI is InChI=1S/C19H27N3S/c1-13-5-7-16(20-11-13)14-6-8-18-17(10-14)21-19(23-18)15-4-3-9-22(2)12-15/h6,8,10,13,15-16,20H,3-5,7,9,11-12H2,1-2H3/t13-,15+,16+/m0/s1. The molecule has 2 fully saturated rings. The zero-order valence-corrected chi connectivity index (χ0v) is 15.0. The summed E-state index contributed by atoms with van der Waals surface area (Å²) in [5, 5.41) is 5.04. The highest BCUT2D eigenvalue weighted by atomic mass is 32.1. The number of piperidine rings is 2. The number of benzene rings is 1. The topological polar surface area (TPSA) is 28.2 Å². The highest BCUT2D eigenvalue weighted by Gasteiger charge is 2.23. The van der Waals surface area contributed by atoms with E-state index >= 15 is 0 Å². The van der Waals surface area contributed by atoms with Gasteiger partial charge in [0.25, 0.3) is 0 Å². The van der Waals surface area contributed by atoms with Gasteiger partial charge < -0.3 is 10.2 Å². The second-order valence-corrected chi connectivity index (χ2v) is 8.59. The summed E-state index contributed by atoms with van der Waals surface area (Å²) in [7, 11) is 2.23. The summed E-state index contributed by atoms with van der Waals surface area (Å²) in [4.78, 5) is 7.45. The first-order valence-corrected chi connectivity index (χ1v) is 9.83. The van der Waals surface area contributed by atoms with Crippen LogP contribution in [0.1, 0.15) is 55.1 Å². The molecule has 23 heavy (non-hydrogen) atoms. The molecule has 3 atom stereocenters. The molecule has 2 saturated heterocycles. The average Bonchev–Trinajstić information content (AvgIpc) is 2.99. The number of rotatable bonds is 2. The van der Waals surface area contributed by atoms with Gasteiger partial charge in [0.15, 0.2) is 0 Å². The number of fused-ring (bicyclic) bond motifs is 1. The smallest absolute Gasteiger partial charge is 0.0982 e. The molecule has 3 nitrogen and oxygen atoms in total. The molecule has 124 valence electrons. The van der Waals surface area contributed by atoms with Crippen molar-refractivity contribution in [2.75, 3.05) is 26.7 Å². The van der Waals surface area contributed by atoms with E-state index in [0.717, 1.165) is 19.0 Å². The summed E-state index contributed by atoms with van der Waals surface area (Å²) in [6, 6.07) is 7.44. The lowest BCUT2D eigenvalue weighted by Crippen LogP contribution is -2.31. The van der Waals surface area contributed by atoms with Crippen LogP contribution in [0.5, 0.6) is 0 Å². The molecule has 0 saturated carbocycles. The first-order valence-electron chi connectivity index (χ1n) is 9.01. The molecule has 0 aliphatic carbocycles. The Hall–Kier alpha value is -0.970. The maximum absolute atomic E-state index is 5.01. The Labute approximate surface area is 143 Å². The van der Waals surface area contributed by atoms with Gasteiger partial charge in [0.2, 0.25) is 0 Å². The molecule has 1 aromatic heterocycles. The minimum Gasteiger partial charge on any atom is -0.310 e. The number of hydrogen-bond donors (Lipinski definition) is 1. The summed E-state index contributed by atoms with van der Waals surface area (Å²) in [5.41, 5.74) is 2.62. The van der Waals surface area contributed by atoms with Gasteiger partial charge in [0, 0.05) is 18.5 Å². The third kappa shape index (κ3) is 3.30. The Morgan fingerprint density at radius 1 is 1.26 bits per heavy atom. The van der Waals surface area contributed by atoms with Crippen molar-refractivity contribution in [1.82, 2.24) is 15.2 Å².